The number of thiophene rings is 1. The van der Waals surface area contributed by atoms with Crippen LogP contribution in [-0.4, -0.2) is 35.7 Å². The van der Waals surface area contributed by atoms with Gasteiger partial charge in [-0.1, -0.05) is 0 Å². The first kappa shape index (κ1) is 17.0. The molecule has 3 amide bonds. The minimum atomic E-state index is -0.462. The van der Waals surface area contributed by atoms with Gasteiger partial charge in [0, 0.05) is 30.8 Å². The highest BCUT2D eigenvalue weighted by Gasteiger charge is 2.29. The SMILES string of the molecule is CC(=O)N1CCC(C(=O)Nc2sc3c(c2C(N)=O)CCCC3)CC1. The van der Waals surface area contributed by atoms with Gasteiger partial charge in [-0.15, -0.1) is 11.3 Å². The average molecular weight is 349 g/mol. The number of nitrogens with two attached hydrogens (primary N) is 1. The first-order chi connectivity index (χ1) is 11.5. The Labute approximate surface area is 145 Å². The van der Waals surface area contributed by atoms with Gasteiger partial charge in [-0.3, -0.25) is 14.4 Å². The molecular weight excluding hydrogens is 326 g/mol. The van der Waals surface area contributed by atoms with Crippen LogP contribution in [0.4, 0.5) is 5.00 Å². The fraction of sp³-hybridized carbons (Fsp3) is 0.588. The second-order valence-corrected chi connectivity index (χ2v) is 7.65. The van der Waals surface area contributed by atoms with Crippen molar-refractivity contribution in [3.8, 4) is 0 Å². The third-order valence-corrected chi connectivity index (χ3v) is 6.17. The Morgan fingerprint density at radius 3 is 2.46 bits per heavy atom. The molecule has 0 saturated carbocycles. The predicted molar refractivity (Wildman–Crippen MR) is 93.1 cm³/mol. The van der Waals surface area contributed by atoms with Crippen molar-refractivity contribution >= 4 is 34.1 Å². The van der Waals surface area contributed by atoms with Gasteiger partial charge in [0.2, 0.25) is 11.8 Å². The van der Waals surface area contributed by atoms with Gasteiger partial charge >= 0.3 is 0 Å². The molecule has 2 aliphatic rings. The Morgan fingerprint density at radius 2 is 1.83 bits per heavy atom. The van der Waals surface area contributed by atoms with Crippen LogP contribution in [0.3, 0.4) is 0 Å². The third kappa shape index (κ3) is 3.31. The lowest BCUT2D eigenvalue weighted by molar-refractivity contribution is -0.132. The molecular formula is C17H23N3O3S. The van der Waals surface area contributed by atoms with Gasteiger partial charge in [0.15, 0.2) is 0 Å². The van der Waals surface area contributed by atoms with E-state index < -0.39 is 5.91 Å². The number of hydrogen-bond acceptors (Lipinski definition) is 4. The van der Waals surface area contributed by atoms with Crippen molar-refractivity contribution in [1.29, 1.82) is 0 Å². The minimum Gasteiger partial charge on any atom is -0.365 e. The van der Waals surface area contributed by atoms with E-state index in [4.69, 9.17) is 5.73 Å². The van der Waals surface area contributed by atoms with Crippen LogP contribution < -0.4 is 11.1 Å². The summed E-state index contributed by atoms with van der Waals surface area (Å²) >= 11 is 1.49. The van der Waals surface area contributed by atoms with Gasteiger partial charge in [0.05, 0.1) is 5.56 Å². The quantitative estimate of drug-likeness (QED) is 0.873. The molecule has 24 heavy (non-hydrogen) atoms. The summed E-state index contributed by atoms with van der Waals surface area (Å²) in [5.74, 6) is -0.605. The summed E-state index contributed by atoms with van der Waals surface area (Å²) in [6, 6.07) is 0. The van der Waals surface area contributed by atoms with E-state index in [2.05, 4.69) is 5.32 Å². The summed E-state index contributed by atoms with van der Waals surface area (Å²) in [5.41, 5.74) is 7.09. The van der Waals surface area contributed by atoms with E-state index in [1.807, 2.05) is 0 Å². The van der Waals surface area contributed by atoms with E-state index in [1.54, 1.807) is 11.8 Å². The number of anilines is 1. The number of carbonyl (C=O) groups is 3. The summed E-state index contributed by atoms with van der Waals surface area (Å²) in [5, 5.41) is 3.54. The first-order valence-corrected chi connectivity index (χ1v) is 9.29. The normalized spacial score (nSPS) is 18.1. The van der Waals surface area contributed by atoms with Crippen LogP contribution in [0.2, 0.25) is 0 Å². The molecule has 1 saturated heterocycles. The molecule has 0 unspecified atom stereocenters. The lowest BCUT2D eigenvalue weighted by Crippen LogP contribution is -2.40. The average Bonchev–Trinajstić information content (AvgIpc) is 2.92. The zero-order valence-corrected chi connectivity index (χ0v) is 14.7. The summed E-state index contributed by atoms with van der Waals surface area (Å²) in [6.45, 7) is 2.77. The lowest BCUT2D eigenvalue weighted by Gasteiger charge is -2.30. The van der Waals surface area contributed by atoms with E-state index in [9.17, 15) is 14.4 Å². The van der Waals surface area contributed by atoms with E-state index in [1.165, 1.54) is 16.2 Å². The molecule has 0 atom stereocenters. The molecule has 0 radical (unpaired) electrons. The zero-order chi connectivity index (χ0) is 17.3. The molecule has 0 bridgehead atoms. The molecule has 2 heterocycles. The number of likely N-dealkylation sites (tertiary alicyclic amines) is 1. The lowest BCUT2D eigenvalue weighted by atomic mass is 9.94. The van der Waals surface area contributed by atoms with Crippen LogP contribution in [0.5, 0.6) is 0 Å². The highest BCUT2D eigenvalue weighted by atomic mass is 32.1. The van der Waals surface area contributed by atoms with Crippen LogP contribution in [0.1, 0.15) is 53.4 Å². The Balaban J connectivity index is 1.72. The number of hydrogen-bond donors (Lipinski definition) is 2. The van der Waals surface area contributed by atoms with E-state index in [0.29, 0.717) is 36.5 Å². The molecule has 1 aliphatic heterocycles. The van der Waals surface area contributed by atoms with Crippen LogP contribution in [0.15, 0.2) is 0 Å². The molecule has 0 aromatic carbocycles. The highest BCUT2D eigenvalue weighted by Crippen LogP contribution is 2.38. The van der Waals surface area contributed by atoms with Crippen LogP contribution in [0.25, 0.3) is 0 Å². The molecule has 3 rings (SSSR count). The van der Waals surface area contributed by atoms with Crippen molar-refractivity contribution in [2.45, 2.75) is 45.4 Å². The molecule has 1 fully saturated rings. The Kier molecular flexibility index (Phi) is 4.89. The maximum absolute atomic E-state index is 12.6. The van der Waals surface area contributed by atoms with Gasteiger partial charge in [-0.05, 0) is 44.1 Å². The van der Waals surface area contributed by atoms with Crippen molar-refractivity contribution in [2.75, 3.05) is 18.4 Å². The molecule has 1 aromatic rings. The highest BCUT2D eigenvalue weighted by molar-refractivity contribution is 7.17. The molecule has 1 aromatic heterocycles. The second kappa shape index (κ2) is 6.93. The number of nitrogens with zero attached hydrogens (tertiary/aromatic N) is 1. The van der Waals surface area contributed by atoms with Crippen molar-refractivity contribution < 1.29 is 14.4 Å². The molecule has 130 valence electrons. The number of nitrogens with one attached hydrogen (secondary N) is 1. The Morgan fingerprint density at radius 1 is 1.17 bits per heavy atom. The monoisotopic (exact) mass is 349 g/mol. The van der Waals surface area contributed by atoms with Crippen molar-refractivity contribution in [3.05, 3.63) is 16.0 Å². The van der Waals surface area contributed by atoms with E-state index >= 15 is 0 Å². The standard InChI is InChI=1S/C17H23N3O3S/c1-10(21)20-8-6-11(7-9-20)16(23)19-17-14(15(18)22)12-4-2-3-5-13(12)24-17/h11H,2-9H2,1H3,(H2,18,22)(H,19,23). The number of fused-ring (bicyclic) bond motifs is 1. The number of amides is 3. The molecule has 6 nitrogen and oxygen atoms in total. The van der Waals surface area contributed by atoms with E-state index in [0.717, 1.165) is 31.2 Å². The summed E-state index contributed by atoms with van der Waals surface area (Å²) < 4.78 is 0. The first-order valence-electron chi connectivity index (χ1n) is 8.48. The Hall–Kier alpha value is -1.89. The van der Waals surface area contributed by atoms with Gasteiger partial charge in [-0.2, -0.15) is 0 Å². The van der Waals surface area contributed by atoms with E-state index in [-0.39, 0.29) is 17.7 Å². The summed E-state index contributed by atoms with van der Waals surface area (Å²) in [7, 11) is 0. The fourth-order valence-electron chi connectivity index (χ4n) is 3.59. The molecule has 0 spiro atoms. The molecule has 7 heteroatoms. The molecule has 1 aliphatic carbocycles. The molecule has 3 N–H and O–H groups in total. The van der Waals surface area contributed by atoms with Crippen LogP contribution in [0, 0.1) is 5.92 Å². The summed E-state index contributed by atoms with van der Waals surface area (Å²) in [4.78, 5) is 38.8. The Bertz CT molecular complexity index is 675. The third-order valence-electron chi connectivity index (χ3n) is 4.97. The number of rotatable bonds is 3. The van der Waals surface area contributed by atoms with Gasteiger partial charge in [0.1, 0.15) is 5.00 Å². The zero-order valence-electron chi connectivity index (χ0n) is 13.9. The van der Waals surface area contributed by atoms with Crippen molar-refractivity contribution in [1.82, 2.24) is 4.90 Å². The van der Waals surface area contributed by atoms with Crippen LogP contribution >= 0.6 is 11.3 Å². The predicted octanol–water partition coefficient (Wildman–Crippen LogP) is 1.92. The van der Waals surface area contributed by atoms with Gasteiger partial charge < -0.3 is 16.0 Å². The van der Waals surface area contributed by atoms with Crippen LogP contribution in [-0.2, 0) is 22.4 Å². The maximum atomic E-state index is 12.6. The largest absolute Gasteiger partial charge is 0.365 e. The number of piperidine rings is 1. The van der Waals surface area contributed by atoms with Gasteiger partial charge in [-0.25, -0.2) is 0 Å². The minimum absolute atomic E-state index is 0.0517. The number of aryl methyl sites for hydroxylation is 1. The maximum Gasteiger partial charge on any atom is 0.251 e. The number of primary amides is 1. The smallest absolute Gasteiger partial charge is 0.251 e. The second-order valence-electron chi connectivity index (χ2n) is 6.55. The summed E-state index contributed by atoms with van der Waals surface area (Å²) in [6.07, 6.45) is 5.29. The topological polar surface area (TPSA) is 92.5 Å². The number of carbonyl (C=O) groups excluding carboxylic acids is 3. The van der Waals surface area contributed by atoms with Gasteiger partial charge in [0.25, 0.3) is 5.91 Å². The fourth-order valence-corrected chi connectivity index (χ4v) is 4.88. The van der Waals surface area contributed by atoms with Crippen molar-refractivity contribution in [3.63, 3.8) is 0 Å². The van der Waals surface area contributed by atoms with Crippen molar-refractivity contribution in [2.24, 2.45) is 11.7 Å².